The van der Waals surface area contributed by atoms with Crippen molar-refractivity contribution in [3.8, 4) is 11.5 Å². The topological polar surface area (TPSA) is 61.2 Å². The number of hydrogen-bond acceptors (Lipinski definition) is 5. The standard InChI is InChI=1S/C19H26N4O2/c1-3-24-16-9-14-8-13(2)25-19(14)15(10-16)11-20-12-18-22-21-17-6-4-5-7-23(17)18/h9-10,13,20H,3-8,11-12H2,1-2H3. The first-order valence-corrected chi connectivity index (χ1v) is 9.31. The minimum absolute atomic E-state index is 0.231. The number of ether oxygens (including phenoxy) is 2. The molecule has 0 spiro atoms. The average molecular weight is 342 g/mol. The Morgan fingerprint density at radius 3 is 3.08 bits per heavy atom. The first-order chi connectivity index (χ1) is 12.2. The molecule has 3 heterocycles. The lowest BCUT2D eigenvalue weighted by Gasteiger charge is -2.16. The van der Waals surface area contributed by atoms with Crippen molar-refractivity contribution in [3.63, 3.8) is 0 Å². The van der Waals surface area contributed by atoms with Gasteiger partial charge in [-0.3, -0.25) is 0 Å². The highest BCUT2D eigenvalue weighted by molar-refractivity contribution is 5.49. The highest BCUT2D eigenvalue weighted by Crippen LogP contribution is 2.36. The van der Waals surface area contributed by atoms with Crippen LogP contribution in [-0.4, -0.2) is 27.5 Å². The van der Waals surface area contributed by atoms with Crippen LogP contribution in [0.3, 0.4) is 0 Å². The number of fused-ring (bicyclic) bond motifs is 2. The monoisotopic (exact) mass is 342 g/mol. The molecule has 1 atom stereocenters. The third-order valence-electron chi connectivity index (χ3n) is 4.89. The van der Waals surface area contributed by atoms with Crippen molar-refractivity contribution in [3.05, 3.63) is 34.9 Å². The van der Waals surface area contributed by atoms with Gasteiger partial charge in [0.1, 0.15) is 29.3 Å². The van der Waals surface area contributed by atoms with Crippen LogP contribution in [0.25, 0.3) is 0 Å². The Balaban J connectivity index is 1.47. The number of nitrogens with zero attached hydrogens (tertiary/aromatic N) is 3. The van der Waals surface area contributed by atoms with Crippen LogP contribution in [0.1, 0.15) is 49.5 Å². The molecule has 1 aromatic carbocycles. The largest absolute Gasteiger partial charge is 0.494 e. The number of aryl methyl sites for hydroxylation is 1. The zero-order valence-corrected chi connectivity index (χ0v) is 15.0. The molecule has 2 aliphatic rings. The van der Waals surface area contributed by atoms with Gasteiger partial charge in [0, 0.05) is 37.1 Å². The van der Waals surface area contributed by atoms with Crippen LogP contribution < -0.4 is 14.8 Å². The second-order valence-electron chi connectivity index (χ2n) is 6.88. The van der Waals surface area contributed by atoms with Crippen molar-refractivity contribution >= 4 is 0 Å². The third-order valence-corrected chi connectivity index (χ3v) is 4.89. The first kappa shape index (κ1) is 16.4. The fraction of sp³-hybridized carbons (Fsp3) is 0.579. The van der Waals surface area contributed by atoms with E-state index in [4.69, 9.17) is 9.47 Å². The normalized spacial score (nSPS) is 18.6. The predicted molar refractivity (Wildman–Crippen MR) is 94.9 cm³/mol. The van der Waals surface area contributed by atoms with E-state index < -0.39 is 0 Å². The van der Waals surface area contributed by atoms with Gasteiger partial charge in [-0.2, -0.15) is 0 Å². The van der Waals surface area contributed by atoms with Crippen molar-refractivity contribution < 1.29 is 9.47 Å². The quantitative estimate of drug-likeness (QED) is 0.874. The number of hydrogen-bond donors (Lipinski definition) is 1. The molecule has 6 nitrogen and oxygen atoms in total. The maximum atomic E-state index is 6.02. The van der Waals surface area contributed by atoms with Gasteiger partial charge in [0.05, 0.1) is 13.2 Å². The fourth-order valence-electron chi connectivity index (χ4n) is 3.77. The second kappa shape index (κ2) is 7.04. The molecule has 2 aromatic rings. The van der Waals surface area contributed by atoms with Crippen molar-refractivity contribution in [2.45, 2.75) is 65.3 Å². The summed E-state index contributed by atoms with van der Waals surface area (Å²) in [5, 5.41) is 12.2. The summed E-state index contributed by atoms with van der Waals surface area (Å²) >= 11 is 0. The lowest BCUT2D eigenvalue weighted by Crippen LogP contribution is -2.20. The van der Waals surface area contributed by atoms with E-state index in [1.807, 2.05) is 6.92 Å². The van der Waals surface area contributed by atoms with E-state index in [0.717, 1.165) is 61.2 Å². The molecule has 0 bridgehead atoms. The predicted octanol–water partition coefficient (Wildman–Crippen LogP) is 2.63. The third kappa shape index (κ3) is 3.35. The van der Waals surface area contributed by atoms with Crippen molar-refractivity contribution in [1.82, 2.24) is 20.1 Å². The van der Waals surface area contributed by atoms with Gasteiger partial charge in [0.15, 0.2) is 0 Å². The van der Waals surface area contributed by atoms with Gasteiger partial charge >= 0.3 is 0 Å². The fourth-order valence-corrected chi connectivity index (χ4v) is 3.77. The van der Waals surface area contributed by atoms with Gasteiger partial charge in [0.2, 0.25) is 0 Å². The molecule has 1 unspecified atom stereocenters. The number of aromatic nitrogens is 3. The van der Waals surface area contributed by atoms with E-state index >= 15 is 0 Å². The first-order valence-electron chi connectivity index (χ1n) is 9.31. The summed E-state index contributed by atoms with van der Waals surface area (Å²) < 4.78 is 14.0. The van der Waals surface area contributed by atoms with Crippen LogP contribution in [0.5, 0.6) is 11.5 Å². The van der Waals surface area contributed by atoms with Gasteiger partial charge in [0.25, 0.3) is 0 Å². The molecular weight excluding hydrogens is 316 g/mol. The number of nitrogens with one attached hydrogen (secondary N) is 1. The highest BCUT2D eigenvalue weighted by atomic mass is 16.5. The van der Waals surface area contributed by atoms with E-state index in [0.29, 0.717) is 6.61 Å². The molecule has 1 aromatic heterocycles. The molecule has 25 heavy (non-hydrogen) atoms. The number of benzene rings is 1. The molecule has 0 saturated carbocycles. The molecule has 2 aliphatic heterocycles. The van der Waals surface area contributed by atoms with E-state index in [2.05, 4.69) is 39.1 Å². The molecule has 0 saturated heterocycles. The van der Waals surface area contributed by atoms with Gasteiger partial charge < -0.3 is 19.4 Å². The highest BCUT2D eigenvalue weighted by Gasteiger charge is 2.23. The van der Waals surface area contributed by atoms with Crippen molar-refractivity contribution in [1.29, 1.82) is 0 Å². The minimum atomic E-state index is 0.231. The summed E-state index contributed by atoms with van der Waals surface area (Å²) in [5.74, 6) is 4.10. The van der Waals surface area contributed by atoms with Crippen LogP contribution in [0, 0.1) is 0 Å². The minimum Gasteiger partial charge on any atom is -0.494 e. The molecular formula is C19H26N4O2. The van der Waals surface area contributed by atoms with Crippen molar-refractivity contribution in [2.75, 3.05) is 6.61 Å². The summed E-state index contributed by atoms with van der Waals surface area (Å²) in [4.78, 5) is 0. The smallest absolute Gasteiger partial charge is 0.147 e. The Hall–Kier alpha value is -2.08. The lowest BCUT2D eigenvalue weighted by atomic mass is 10.1. The van der Waals surface area contributed by atoms with Gasteiger partial charge in [-0.1, -0.05) is 0 Å². The van der Waals surface area contributed by atoms with E-state index in [1.54, 1.807) is 0 Å². The Labute approximate surface area is 148 Å². The Morgan fingerprint density at radius 1 is 1.28 bits per heavy atom. The van der Waals surface area contributed by atoms with Crippen LogP contribution in [0.2, 0.25) is 0 Å². The summed E-state index contributed by atoms with van der Waals surface area (Å²) in [6.07, 6.45) is 4.66. The lowest BCUT2D eigenvalue weighted by molar-refractivity contribution is 0.252. The summed E-state index contributed by atoms with van der Waals surface area (Å²) in [5.41, 5.74) is 2.40. The summed E-state index contributed by atoms with van der Waals surface area (Å²) in [6.45, 7) is 7.29. The number of rotatable bonds is 6. The maximum Gasteiger partial charge on any atom is 0.147 e. The molecule has 0 aliphatic carbocycles. The Kier molecular flexibility index (Phi) is 4.61. The zero-order valence-electron chi connectivity index (χ0n) is 15.0. The SMILES string of the molecule is CCOc1cc(CNCc2nnc3n2CCCC3)c2c(c1)CC(C)O2. The maximum absolute atomic E-state index is 6.02. The van der Waals surface area contributed by atoms with E-state index in [9.17, 15) is 0 Å². The van der Waals surface area contributed by atoms with Crippen LogP contribution in [0.15, 0.2) is 12.1 Å². The molecule has 0 fully saturated rings. The summed E-state index contributed by atoms with van der Waals surface area (Å²) in [6, 6.07) is 4.20. The van der Waals surface area contributed by atoms with Crippen molar-refractivity contribution in [2.24, 2.45) is 0 Å². The van der Waals surface area contributed by atoms with Gasteiger partial charge in [-0.05, 0) is 38.8 Å². The van der Waals surface area contributed by atoms with Gasteiger partial charge in [-0.25, -0.2) is 0 Å². The zero-order chi connectivity index (χ0) is 17.2. The van der Waals surface area contributed by atoms with Crippen LogP contribution in [0.4, 0.5) is 0 Å². The van der Waals surface area contributed by atoms with E-state index in [1.165, 1.54) is 18.4 Å². The van der Waals surface area contributed by atoms with E-state index in [-0.39, 0.29) is 6.10 Å². The van der Waals surface area contributed by atoms with Crippen LogP contribution in [-0.2, 0) is 32.5 Å². The molecule has 0 radical (unpaired) electrons. The molecule has 4 rings (SSSR count). The Bertz CT molecular complexity index is 756. The molecule has 6 heteroatoms. The Morgan fingerprint density at radius 2 is 2.20 bits per heavy atom. The second-order valence-corrected chi connectivity index (χ2v) is 6.88. The van der Waals surface area contributed by atoms with Gasteiger partial charge in [-0.15, -0.1) is 10.2 Å². The molecule has 0 amide bonds. The average Bonchev–Trinajstić information content (AvgIpc) is 3.18. The van der Waals surface area contributed by atoms with Crippen LogP contribution >= 0.6 is 0 Å². The molecule has 1 N–H and O–H groups in total. The molecule has 134 valence electrons. The summed E-state index contributed by atoms with van der Waals surface area (Å²) in [7, 11) is 0.